The second-order valence-corrected chi connectivity index (χ2v) is 5.18. The molecular formula is C13H26. The van der Waals surface area contributed by atoms with Gasteiger partial charge in [-0.05, 0) is 24.2 Å². The molecule has 0 spiro atoms. The summed E-state index contributed by atoms with van der Waals surface area (Å²) in [5.41, 5.74) is 0. The third-order valence-electron chi connectivity index (χ3n) is 3.71. The molecule has 1 unspecified atom stereocenters. The first-order valence-electron chi connectivity index (χ1n) is 6.24. The molecule has 0 N–H and O–H groups in total. The Morgan fingerprint density at radius 3 is 2.15 bits per heavy atom. The highest BCUT2D eigenvalue weighted by atomic mass is 14.3. The first-order chi connectivity index (χ1) is 6.24. The fraction of sp³-hybridized carbons (Fsp3) is 1.00. The van der Waals surface area contributed by atoms with Crippen molar-refractivity contribution in [1.29, 1.82) is 0 Å². The Balaban J connectivity index is 2.24. The first-order valence-corrected chi connectivity index (χ1v) is 6.24. The summed E-state index contributed by atoms with van der Waals surface area (Å²) in [7, 11) is 0. The Labute approximate surface area is 84.1 Å². The lowest BCUT2D eigenvalue weighted by atomic mass is 9.84. The Kier molecular flexibility index (Phi) is 4.83. The molecule has 0 aromatic carbocycles. The standard InChI is InChI=1S/C13H26/c1-4-12(10-9-11(2)3)13-7-5-6-8-13/h11-13H,4-10H2,1-3H3. The quantitative estimate of drug-likeness (QED) is 0.581. The molecule has 0 radical (unpaired) electrons. The van der Waals surface area contributed by atoms with Crippen LogP contribution in [0.1, 0.15) is 65.7 Å². The van der Waals surface area contributed by atoms with Crippen LogP contribution in [0, 0.1) is 17.8 Å². The summed E-state index contributed by atoms with van der Waals surface area (Å²) in [6.45, 7) is 7.08. The van der Waals surface area contributed by atoms with Crippen molar-refractivity contribution >= 4 is 0 Å². The molecule has 0 saturated heterocycles. The molecule has 13 heavy (non-hydrogen) atoms. The number of hydrogen-bond acceptors (Lipinski definition) is 0. The van der Waals surface area contributed by atoms with Gasteiger partial charge in [0.15, 0.2) is 0 Å². The minimum Gasteiger partial charge on any atom is -0.0651 e. The van der Waals surface area contributed by atoms with Gasteiger partial charge in [-0.25, -0.2) is 0 Å². The van der Waals surface area contributed by atoms with Crippen molar-refractivity contribution in [2.45, 2.75) is 65.7 Å². The van der Waals surface area contributed by atoms with E-state index in [1.54, 1.807) is 0 Å². The van der Waals surface area contributed by atoms with Gasteiger partial charge in [-0.1, -0.05) is 59.3 Å². The van der Waals surface area contributed by atoms with Crippen LogP contribution in [-0.4, -0.2) is 0 Å². The first kappa shape index (κ1) is 11.1. The lowest BCUT2D eigenvalue weighted by Gasteiger charge is -2.22. The molecule has 0 nitrogen and oxygen atoms in total. The number of rotatable bonds is 5. The van der Waals surface area contributed by atoms with Gasteiger partial charge in [-0.15, -0.1) is 0 Å². The molecule has 0 heterocycles. The van der Waals surface area contributed by atoms with Gasteiger partial charge in [0.05, 0.1) is 0 Å². The highest BCUT2D eigenvalue weighted by molar-refractivity contribution is 4.74. The van der Waals surface area contributed by atoms with E-state index in [-0.39, 0.29) is 0 Å². The molecule has 0 aliphatic heterocycles. The maximum Gasteiger partial charge on any atom is -0.0386 e. The second kappa shape index (κ2) is 5.67. The molecule has 1 saturated carbocycles. The fourth-order valence-electron chi connectivity index (χ4n) is 2.75. The molecule has 0 amide bonds. The minimum absolute atomic E-state index is 0.899. The molecule has 1 atom stereocenters. The summed E-state index contributed by atoms with van der Waals surface area (Å²) < 4.78 is 0. The average Bonchev–Trinajstić information content (AvgIpc) is 2.58. The van der Waals surface area contributed by atoms with Gasteiger partial charge in [0.1, 0.15) is 0 Å². The molecule has 0 aromatic heterocycles. The van der Waals surface area contributed by atoms with Crippen molar-refractivity contribution in [2.24, 2.45) is 17.8 Å². The molecule has 1 rings (SSSR count). The molecular weight excluding hydrogens is 156 g/mol. The summed E-state index contributed by atoms with van der Waals surface area (Å²) in [5, 5.41) is 0. The van der Waals surface area contributed by atoms with Crippen LogP contribution in [-0.2, 0) is 0 Å². The summed E-state index contributed by atoms with van der Waals surface area (Å²) in [4.78, 5) is 0. The molecule has 1 aliphatic carbocycles. The Hall–Kier alpha value is 0. The third kappa shape index (κ3) is 3.70. The zero-order valence-corrected chi connectivity index (χ0v) is 9.68. The molecule has 0 aromatic rings. The molecule has 1 fully saturated rings. The molecule has 0 heteroatoms. The van der Waals surface area contributed by atoms with Gasteiger partial charge >= 0.3 is 0 Å². The fourth-order valence-corrected chi connectivity index (χ4v) is 2.75. The lowest BCUT2D eigenvalue weighted by molar-refractivity contribution is 0.289. The molecule has 78 valence electrons. The summed E-state index contributed by atoms with van der Waals surface area (Å²) in [6, 6.07) is 0. The Morgan fingerprint density at radius 1 is 1.08 bits per heavy atom. The summed E-state index contributed by atoms with van der Waals surface area (Å²) in [5.74, 6) is 3.03. The van der Waals surface area contributed by atoms with Gasteiger partial charge in [0, 0.05) is 0 Å². The zero-order chi connectivity index (χ0) is 9.68. The van der Waals surface area contributed by atoms with E-state index in [1.165, 1.54) is 44.9 Å². The average molecular weight is 182 g/mol. The van der Waals surface area contributed by atoms with Crippen LogP contribution in [0.2, 0.25) is 0 Å². The normalized spacial score (nSPS) is 21.2. The van der Waals surface area contributed by atoms with Crippen LogP contribution in [0.15, 0.2) is 0 Å². The predicted molar refractivity (Wildman–Crippen MR) is 59.8 cm³/mol. The van der Waals surface area contributed by atoms with E-state index in [1.807, 2.05) is 0 Å². The zero-order valence-electron chi connectivity index (χ0n) is 9.68. The van der Waals surface area contributed by atoms with Crippen molar-refractivity contribution in [2.75, 3.05) is 0 Å². The van der Waals surface area contributed by atoms with E-state index in [9.17, 15) is 0 Å². The topological polar surface area (TPSA) is 0 Å². The van der Waals surface area contributed by atoms with E-state index in [4.69, 9.17) is 0 Å². The van der Waals surface area contributed by atoms with Crippen LogP contribution < -0.4 is 0 Å². The second-order valence-electron chi connectivity index (χ2n) is 5.18. The van der Waals surface area contributed by atoms with Gasteiger partial charge in [-0.3, -0.25) is 0 Å². The van der Waals surface area contributed by atoms with E-state index >= 15 is 0 Å². The largest absolute Gasteiger partial charge is 0.0651 e. The van der Waals surface area contributed by atoms with E-state index < -0.39 is 0 Å². The van der Waals surface area contributed by atoms with Crippen LogP contribution >= 0.6 is 0 Å². The van der Waals surface area contributed by atoms with Crippen molar-refractivity contribution in [3.63, 3.8) is 0 Å². The third-order valence-corrected chi connectivity index (χ3v) is 3.71. The van der Waals surface area contributed by atoms with Gasteiger partial charge in [-0.2, -0.15) is 0 Å². The predicted octanol–water partition coefficient (Wildman–Crippen LogP) is 4.64. The maximum absolute atomic E-state index is 2.38. The maximum atomic E-state index is 2.38. The van der Waals surface area contributed by atoms with E-state index in [2.05, 4.69) is 20.8 Å². The van der Waals surface area contributed by atoms with Crippen LogP contribution in [0.3, 0.4) is 0 Å². The van der Waals surface area contributed by atoms with Gasteiger partial charge in [0.25, 0.3) is 0 Å². The molecule has 1 aliphatic rings. The van der Waals surface area contributed by atoms with Crippen molar-refractivity contribution in [3.05, 3.63) is 0 Å². The van der Waals surface area contributed by atoms with Crippen molar-refractivity contribution < 1.29 is 0 Å². The van der Waals surface area contributed by atoms with E-state index in [0.29, 0.717) is 0 Å². The van der Waals surface area contributed by atoms with Crippen molar-refractivity contribution in [1.82, 2.24) is 0 Å². The van der Waals surface area contributed by atoms with Gasteiger partial charge in [0.2, 0.25) is 0 Å². The van der Waals surface area contributed by atoms with Crippen LogP contribution in [0.4, 0.5) is 0 Å². The highest BCUT2D eigenvalue weighted by Crippen LogP contribution is 2.35. The van der Waals surface area contributed by atoms with Crippen molar-refractivity contribution in [3.8, 4) is 0 Å². The summed E-state index contributed by atoms with van der Waals surface area (Å²) >= 11 is 0. The Bertz CT molecular complexity index is 120. The van der Waals surface area contributed by atoms with Crippen LogP contribution in [0.25, 0.3) is 0 Å². The number of hydrogen-bond donors (Lipinski definition) is 0. The van der Waals surface area contributed by atoms with Crippen LogP contribution in [0.5, 0.6) is 0 Å². The highest BCUT2D eigenvalue weighted by Gasteiger charge is 2.23. The van der Waals surface area contributed by atoms with E-state index in [0.717, 1.165) is 17.8 Å². The lowest BCUT2D eigenvalue weighted by Crippen LogP contribution is -2.11. The smallest absolute Gasteiger partial charge is 0.0386 e. The van der Waals surface area contributed by atoms with Gasteiger partial charge < -0.3 is 0 Å². The minimum atomic E-state index is 0.899. The summed E-state index contributed by atoms with van der Waals surface area (Å²) in [6.07, 6.45) is 10.4. The molecule has 0 bridgehead atoms. The monoisotopic (exact) mass is 182 g/mol. The Morgan fingerprint density at radius 2 is 1.69 bits per heavy atom. The SMILES string of the molecule is CCC(CCC(C)C)C1CCCC1.